The molecule has 10 heteroatoms. The lowest BCUT2D eigenvalue weighted by atomic mass is 10.0. The van der Waals surface area contributed by atoms with Crippen molar-refractivity contribution >= 4 is 68.9 Å². The molecule has 4 aromatic carbocycles. The quantitative estimate of drug-likeness (QED) is 0.152. The molecule has 0 aliphatic carbocycles. The normalized spacial score (nSPS) is 18.1. The molecule has 1 saturated heterocycles. The van der Waals surface area contributed by atoms with Crippen molar-refractivity contribution in [2.75, 3.05) is 29.6 Å². The number of para-hydroxylation sites is 2. The summed E-state index contributed by atoms with van der Waals surface area (Å²) in [7, 11) is 4.06. The third-order valence-electron chi connectivity index (χ3n) is 8.50. The number of nitrogens with one attached hydrogen (secondary N) is 3. The molecular formula is C39H36N6O2S2. The lowest BCUT2D eigenvalue weighted by molar-refractivity contribution is 0.0873. The highest BCUT2D eigenvalue weighted by Gasteiger charge is 2.45. The second-order valence-electron chi connectivity index (χ2n) is 12.1. The third-order valence-corrected chi connectivity index (χ3v) is 10.9. The van der Waals surface area contributed by atoms with Gasteiger partial charge in [0.2, 0.25) is 0 Å². The summed E-state index contributed by atoms with van der Waals surface area (Å²) >= 11 is 3.07. The van der Waals surface area contributed by atoms with Gasteiger partial charge in [-0.05, 0) is 71.5 Å². The van der Waals surface area contributed by atoms with Crippen LogP contribution in [0.25, 0.3) is 6.08 Å². The van der Waals surface area contributed by atoms with E-state index in [9.17, 15) is 9.59 Å². The molecule has 0 spiro atoms. The molecule has 246 valence electrons. The van der Waals surface area contributed by atoms with Gasteiger partial charge in [-0.25, -0.2) is 4.99 Å². The number of aliphatic imine (C=N–C) groups is 1. The van der Waals surface area contributed by atoms with E-state index in [0.717, 1.165) is 39.6 Å². The standard InChI is InChI=1S/C39H36N6O2S2/c1-25-24-48-39(42-37(46)28-14-8-5-9-15-28)33(25)38(47)43-45-32(23-18-26-12-6-4-7-13-26)49-35-34(27-19-21-29(22-20-27)44(2)3)40-30-16-10-11-17-31(30)41-36(35)45/h4-24,32,34-35,40H,1-3H3,(H,42,46)(H,43,47)/b23-18+. The Morgan fingerprint density at radius 3 is 2.31 bits per heavy atom. The van der Waals surface area contributed by atoms with Crippen LogP contribution in [0.1, 0.15) is 43.4 Å². The first-order chi connectivity index (χ1) is 23.9. The highest BCUT2D eigenvalue weighted by atomic mass is 32.2. The number of thioether (sulfide) groups is 1. The van der Waals surface area contributed by atoms with Crippen molar-refractivity contribution in [2.45, 2.75) is 23.6 Å². The fourth-order valence-corrected chi connectivity index (χ4v) is 8.30. The van der Waals surface area contributed by atoms with E-state index in [1.165, 1.54) is 11.3 Å². The zero-order chi connectivity index (χ0) is 33.9. The second-order valence-corrected chi connectivity index (χ2v) is 14.2. The minimum Gasteiger partial charge on any atom is -0.378 e. The number of benzene rings is 4. The van der Waals surface area contributed by atoms with E-state index in [-0.39, 0.29) is 28.5 Å². The average molecular weight is 685 g/mol. The largest absolute Gasteiger partial charge is 0.378 e. The molecule has 3 unspecified atom stereocenters. The lowest BCUT2D eigenvalue weighted by Gasteiger charge is -2.26. The Hall–Kier alpha value is -5.32. The summed E-state index contributed by atoms with van der Waals surface area (Å²) in [6.45, 7) is 1.88. The number of amides is 2. The van der Waals surface area contributed by atoms with E-state index in [0.29, 0.717) is 16.1 Å². The summed E-state index contributed by atoms with van der Waals surface area (Å²) < 4.78 is 0. The fraction of sp³-hybridized carbons (Fsp3) is 0.154. The van der Waals surface area contributed by atoms with E-state index in [1.807, 2.05) is 92.1 Å². The van der Waals surface area contributed by atoms with Gasteiger partial charge in [-0.1, -0.05) is 78.9 Å². The average Bonchev–Trinajstić information content (AvgIpc) is 3.60. The van der Waals surface area contributed by atoms with Gasteiger partial charge in [-0.3, -0.25) is 20.0 Å². The summed E-state index contributed by atoms with van der Waals surface area (Å²) in [4.78, 5) is 34.7. The van der Waals surface area contributed by atoms with Gasteiger partial charge in [0.05, 0.1) is 28.2 Å². The van der Waals surface area contributed by atoms with Gasteiger partial charge >= 0.3 is 0 Å². The lowest BCUT2D eigenvalue weighted by Crippen LogP contribution is -2.48. The second kappa shape index (κ2) is 14.0. The third kappa shape index (κ3) is 6.83. The molecule has 3 N–H and O–H groups in total. The van der Waals surface area contributed by atoms with Crippen molar-refractivity contribution in [1.82, 2.24) is 10.4 Å². The van der Waals surface area contributed by atoms with E-state index in [1.54, 1.807) is 23.9 Å². The molecule has 7 rings (SSSR count). The first-order valence-electron chi connectivity index (χ1n) is 16.0. The van der Waals surface area contributed by atoms with Crippen molar-refractivity contribution in [3.63, 3.8) is 0 Å². The van der Waals surface area contributed by atoms with Crippen molar-refractivity contribution in [1.29, 1.82) is 0 Å². The van der Waals surface area contributed by atoms with Gasteiger partial charge < -0.3 is 15.5 Å². The first kappa shape index (κ1) is 32.2. The molecule has 49 heavy (non-hydrogen) atoms. The van der Waals surface area contributed by atoms with Crippen LogP contribution in [-0.4, -0.2) is 47.4 Å². The van der Waals surface area contributed by atoms with E-state index in [2.05, 4.69) is 69.5 Å². The predicted octanol–water partition coefficient (Wildman–Crippen LogP) is 8.37. The maximum Gasteiger partial charge on any atom is 0.273 e. The van der Waals surface area contributed by atoms with Crippen molar-refractivity contribution in [3.05, 3.63) is 148 Å². The van der Waals surface area contributed by atoms with Crippen LogP contribution in [0.5, 0.6) is 0 Å². The number of thiophene rings is 1. The molecular weight excluding hydrogens is 649 g/mol. The van der Waals surface area contributed by atoms with Gasteiger partial charge in [0, 0.05) is 25.3 Å². The maximum atomic E-state index is 14.3. The Balaban J connectivity index is 1.27. The SMILES string of the molecule is Cc1csc(NC(=O)c2ccccc2)c1C(=O)NN1C2=Nc3ccccc3NC(c3ccc(N(C)C)cc3)C2SC1/C=C/c1ccccc1. The van der Waals surface area contributed by atoms with Gasteiger partial charge in [-0.15, -0.1) is 23.1 Å². The molecule has 3 heterocycles. The van der Waals surface area contributed by atoms with Crippen LogP contribution < -0.4 is 21.0 Å². The maximum absolute atomic E-state index is 14.3. The molecule has 0 radical (unpaired) electrons. The summed E-state index contributed by atoms with van der Waals surface area (Å²) in [6.07, 6.45) is 4.18. The Labute approximate surface area is 294 Å². The number of hydrogen-bond acceptors (Lipinski definition) is 8. The van der Waals surface area contributed by atoms with Gasteiger partial charge in [0.1, 0.15) is 16.2 Å². The number of rotatable bonds is 8. The number of fused-ring (bicyclic) bond motifs is 2. The molecule has 2 amide bonds. The Morgan fingerprint density at radius 1 is 0.878 bits per heavy atom. The summed E-state index contributed by atoms with van der Waals surface area (Å²) in [5.74, 6) is 0.153. The number of carbonyl (C=O) groups excluding carboxylic acids is 2. The Kier molecular flexibility index (Phi) is 9.23. The molecule has 3 atom stereocenters. The van der Waals surface area contributed by atoms with Crippen LogP contribution >= 0.6 is 23.1 Å². The number of anilines is 3. The van der Waals surface area contributed by atoms with Crippen molar-refractivity contribution in [2.24, 2.45) is 4.99 Å². The van der Waals surface area contributed by atoms with E-state index < -0.39 is 0 Å². The summed E-state index contributed by atoms with van der Waals surface area (Å²) in [5, 5.41) is 10.6. The molecule has 0 saturated carbocycles. The van der Waals surface area contributed by atoms with E-state index >= 15 is 0 Å². The highest BCUT2D eigenvalue weighted by Crippen LogP contribution is 2.46. The zero-order valence-electron chi connectivity index (χ0n) is 27.3. The molecule has 1 fully saturated rings. The minimum absolute atomic E-state index is 0.137. The van der Waals surface area contributed by atoms with Crippen LogP contribution in [0.4, 0.5) is 22.1 Å². The Morgan fingerprint density at radius 2 is 1.57 bits per heavy atom. The Bertz CT molecular complexity index is 2030. The number of aryl methyl sites for hydroxylation is 1. The zero-order valence-corrected chi connectivity index (χ0v) is 29.0. The number of carbonyl (C=O) groups is 2. The van der Waals surface area contributed by atoms with Crippen LogP contribution in [0.2, 0.25) is 0 Å². The molecule has 5 aromatic rings. The molecule has 8 nitrogen and oxygen atoms in total. The number of hydrogen-bond donors (Lipinski definition) is 3. The topological polar surface area (TPSA) is 89.1 Å². The number of hydrazine groups is 1. The first-order valence-corrected chi connectivity index (χ1v) is 17.8. The van der Waals surface area contributed by atoms with Gasteiger partial charge in [-0.2, -0.15) is 0 Å². The van der Waals surface area contributed by atoms with Crippen LogP contribution in [-0.2, 0) is 0 Å². The predicted molar refractivity (Wildman–Crippen MR) is 204 cm³/mol. The number of amidine groups is 1. The highest BCUT2D eigenvalue weighted by molar-refractivity contribution is 8.01. The molecule has 0 bridgehead atoms. The number of nitrogens with zero attached hydrogens (tertiary/aromatic N) is 3. The van der Waals surface area contributed by atoms with Crippen molar-refractivity contribution < 1.29 is 9.59 Å². The van der Waals surface area contributed by atoms with E-state index in [4.69, 9.17) is 4.99 Å². The van der Waals surface area contributed by atoms with Crippen LogP contribution in [0.15, 0.2) is 126 Å². The van der Waals surface area contributed by atoms with Crippen LogP contribution in [0.3, 0.4) is 0 Å². The molecule has 2 aliphatic rings. The van der Waals surface area contributed by atoms with Gasteiger partial charge in [0.25, 0.3) is 11.8 Å². The summed E-state index contributed by atoms with van der Waals surface area (Å²) in [6, 6.07) is 35.5. The fourth-order valence-electron chi connectivity index (χ4n) is 5.94. The summed E-state index contributed by atoms with van der Waals surface area (Å²) in [5.41, 5.74) is 9.97. The molecule has 1 aromatic heterocycles. The molecule has 2 aliphatic heterocycles. The monoisotopic (exact) mass is 684 g/mol. The van der Waals surface area contributed by atoms with Crippen molar-refractivity contribution in [3.8, 4) is 0 Å². The smallest absolute Gasteiger partial charge is 0.273 e. The van der Waals surface area contributed by atoms with Gasteiger partial charge in [0.15, 0.2) is 0 Å². The van der Waals surface area contributed by atoms with Crippen LogP contribution in [0, 0.1) is 6.92 Å². The minimum atomic E-state index is -0.318.